The highest BCUT2D eigenvalue weighted by molar-refractivity contribution is 6.05. The number of nitrogens with one attached hydrogen (secondary N) is 1. The molecular weight excluding hydrogens is 376 g/mol. The minimum absolute atomic E-state index is 0.0992. The third-order valence-electron chi connectivity index (χ3n) is 4.67. The topological polar surface area (TPSA) is 60.5 Å². The number of pyridine rings is 1. The summed E-state index contributed by atoms with van der Waals surface area (Å²) in [7, 11) is 0. The molecule has 1 N–H and O–H groups in total. The van der Waals surface area contributed by atoms with Crippen LogP contribution in [0.5, 0.6) is 11.5 Å². The van der Waals surface area contributed by atoms with Gasteiger partial charge in [-0.25, -0.2) is 0 Å². The van der Waals surface area contributed by atoms with Gasteiger partial charge in [-0.1, -0.05) is 12.1 Å². The van der Waals surface area contributed by atoms with E-state index < -0.39 is 0 Å². The molecule has 5 nitrogen and oxygen atoms in total. The molecule has 1 heterocycles. The van der Waals surface area contributed by atoms with Crippen LogP contribution in [0.15, 0.2) is 60.7 Å². The van der Waals surface area contributed by atoms with Gasteiger partial charge in [0.15, 0.2) is 0 Å². The number of aryl methyl sites for hydroxylation is 2. The first kappa shape index (κ1) is 21.5. The number of ether oxygens (including phenoxy) is 2. The molecule has 2 aromatic carbocycles. The Hall–Kier alpha value is -3.18. The molecule has 0 spiro atoms. The van der Waals surface area contributed by atoms with Gasteiger partial charge in [0, 0.05) is 24.4 Å². The predicted molar refractivity (Wildman–Crippen MR) is 119 cm³/mol. The minimum atomic E-state index is -0.184. The molecule has 156 valence electrons. The Morgan fingerprint density at radius 1 is 1.03 bits per heavy atom. The fourth-order valence-electron chi connectivity index (χ4n) is 3.22. The van der Waals surface area contributed by atoms with Crippen LogP contribution >= 0.6 is 0 Å². The van der Waals surface area contributed by atoms with Crippen molar-refractivity contribution in [2.24, 2.45) is 0 Å². The lowest BCUT2D eigenvalue weighted by atomic mass is 10.1. The largest absolute Gasteiger partial charge is 0.457 e. The highest BCUT2D eigenvalue weighted by Gasteiger charge is 2.13. The number of benzene rings is 2. The monoisotopic (exact) mass is 404 g/mol. The van der Waals surface area contributed by atoms with E-state index in [0.29, 0.717) is 29.3 Å². The van der Waals surface area contributed by atoms with Gasteiger partial charge in [-0.15, -0.1) is 0 Å². The van der Waals surface area contributed by atoms with E-state index in [1.54, 1.807) is 0 Å². The van der Waals surface area contributed by atoms with E-state index in [1.165, 1.54) is 0 Å². The maximum Gasteiger partial charge on any atom is 0.257 e. The van der Waals surface area contributed by atoms with Crippen molar-refractivity contribution >= 4 is 11.6 Å². The second-order valence-corrected chi connectivity index (χ2v) is 7.30. The molecule has 0 saturated heterocycles. The Morgan fingerprint density at radius 2 is 1.80 bits per heavy atom. The van der Waals surface area contributed by atoms with Gasteiger partial charge < -0.3 is 14.8 Å². The van der Waals surface area contributed by atoms with Crippen molar-refractivity contribution in [3.8, 4) is 11.5 Å². The van der Waals surface area contributed by atoms with E-state index in [2.05, 4.69) is 10.3 Å². The van der Waals surface area contributed by atoms with Crippen molar-refractivity contribution in [2.75, 3.05) is 11.9 Å². The molecule has 30 heavy (non-hydrogen) atoms. The molecule has 0 fully saturated rings. The number of rotatable bonds is 8. The summed E-state index contributed by atoms with van der Waals surface area (Å²) in [5.74, 6) is 1.31. The summed E-state index contributed by atoms with van der Waals surface area (Å²) < 4.78 is 11.4. The number of carbonyl (C=O) groups excluding carboxylic acids is 1. The van der Waals surface area contributed by atoms with Crippen molar-refractivity contribution in [3.05, 3.63) is 83.2 Å². The van der Waals surface area contributed by atoms with Crippen LogP contribution in [0.1, 0.15) is 41.2 Å². The van der Waals surface area contributed by atoms with Gasteiger partial charge in [-0.3, -0.25) is 9.78 Å². The fourth-order valence-corrected chi connectivity index (χ4v) is 3.22. The molecule has 0 aliphatic heterocycles. The van der Waals surface area contributed by atoms with E-state index in [9.17, 15) is 4.79 Å². The normalized spacial score (nSPS) is 11.7. The number of aromatic nitrogens is 1. The van der Waals surface area contributed by atoms with Gasteiger partial charge in [0.05, 0.1) is 17.4 Å². The fraction of sp³-hybridized carbons (Fsp3) is 0.280. The van der Waals surface area contributed by atoms with Crippen molar-refractivity contribution < 1.29 is 14.3 Å². The quantitative estimate of drug-likeness (QED) is 0.522. The Morgan fingerprint density at radius 3 is 2.47 bits per heavy atom. The van der Waals surface area contributed by atoms with Crippen molar-refractivity contribution in [3.63, 3.8) is 0 Å². The van der Waals surface area contributed by atoms with Crippen molar-refractivity contribution in [1.82, 2.24) is 4.98 Å². The number of hydrogen-bond donors (Lipinski definition) is 1. The predicted octanol–water partition coefficient (Wildman–Crippen LogP) is 5.71. The summed E-state index contributed by atoms with van der Waals surface area (Å²) in [6.45, 7) is 8.55. The first-order valence-corrected chi connectivity index (χ1v) is 10.2. The SMILES string of the molecule is CCOC(C)Cc1ccc(C(=O)Nc2ccc(Oc3cccc(C)c3)cc2)c(C)n1. The van der Waals surface area contributed by atoms with Crippen LogP contribution in [0, 0.1) is 13.8 Å². The summed E-state index contributed by atoms with van der Waals surface area (Å²) >= 11 is 0. The number of carbonyl (C=O) groups is 1. The van der Waals surface area contributed by atoms with Gasteiger partial charge in [0.25, 0.3) is 5.91 Å². The van der Waals surface area contributed by atoms with Gasteiger partial charge in [0.2, 0.25) is 0 Å². The number of amides is 1. The van der Waals surface area contributed by atoms with Crippen molar-refractivity contribution in [2.45, 2.75) is 40.2 Å². The standard InChI is InChI=1S/C25H28N2O3/c1-5-29-18(3)16-21-11-14-24(19(4)26-21)25(28)27-20-9-12-22(13-10-20)30-23-8-6-7-17(2)15-23/h6-15,18H,5,16H2,1-4H3,(H,27,28). The smallest absolute Gasteiger partial charge is 0.257 e. The highest BCUT2D eigenvalue weighted by Crippen LogP contribution is 2.24. The van der Waals surface area contributed by atoms with Crippen LogP contribution in [0.2, 0.25) is 0 Å². The molecule has 0 aliphatic rings. The average Bonchev–Trinajstić information content (AvgIpc) is 2.69. The van der Waals surface area contributed by atoms with E-state index in [-0.39, 0.29) is 12.0 Å². The molecule has 0 radical (unpaired) electrons. The Labute approximate surface area is 178 Å². The van der Waals surface area contributed by atoms with E-state index in [1.807, 2.05) is 88.4 Å². The lowest BCUT2D eigenvalue weighted by Crippen LogP contribution is -2.16. The summed E-state index contributed by atoms with van der Waals surface area (Å²) in [6, 6.07) is 18.9. The van der Waals surface area contributed by atoms with Crippen LogP contribution in [0.25, 0.3) is 0 Å². The molecular formula is C25H28N2O3. The Kier molecular flexibility index (Phi) is 7.20. The summed E-state index contributed by atoms with van der Waals surface area (Å²) in [5.41, 5.74) is 4.02. The van der Waals surface area contributed by atoms with E-state index in [0.717, 1.165) is 23.4 Å². The maximum absolute atomic E-state index is 12.7. The van der Waals surface area contributed by atoms with Crippen LogP contribution < -0.4 is 10.1 Å². The lowest BCUT2D eigenvalue weighted by molar-refractivity contribution is 0.0761. The molecule has 0 saturated carbocycles. The second kappa shape index (κ2) is 10.0. The second-order valence-electron chi connectivity index (χ2n) is 7.30. The molecule has 3 rings (SSSR count). The third kappa shape index (κ3) is 5.91. The van der Waals surface area contributed by atoms with Crippen molar-refractivity contribution in [1.29, 1.82) is 0 Å². The zero-order valence-electron chi connectivity index (χ0n) is 17.9. The number of hydrogen-bond acceptors (Lipinski definition) is 4. The zero-order chi connectivity index (χ0) is 21.5. The first-order valence-electron chi connectivity index (χ1n) is 10.2. The van der Waals surface area contributed by atoms with Gasteiger partial charge in [-0.05, 0) is 81.8 Å². The van der Waals surface area contributed by atoms with Crippen LogP contribution in [-0.2, 0) is 11.2 Å². The maximum atomic E-state index is 12.7. The molecule has 1 unspecified atom stereocenters. The number of anilines is 1. The van der Waals surface area contributed by atoms with Gasteiger partial charge >= 0.3 is 0 Å². The molecule has 0 aliphatic carbocycles. The summed E-state index contributed by atoms with van der Waals surface area (Å²) in [4.78, 5) is 17.2. The highest BCUT2D eigenvalue weighted by atomic mass is 16.5. The molecule has 5 heteroatoms. The van der Waals surface area contributed by atoms with Crippen LogP contribution in [0.3, 0.4) is 0 Å². The Bertz CT molecular complexity index is 1000. The molecule has 1 amide bonds. The molecule has 0 bridgehead atoms. The first-order chi connectivity index (χ1) is 14.4. The summed E-state index contributed by atoms with van der Waals surface area (Å²) in [6.07, 6.45) is 0.820. The molecule has 1 atom stereocenters. The van der Waals surface area contributed by atoms with E-state index in [4.69, 9.17) is 9.47 Å². The van der Waals surface area contributed by atoms with Crippen LogP contribution in [-0.4, -0.2) is 23.6 Å². The number of nitrogens with zero attached hydrogens (tertiary/aromatic N) is 1. The summed E-state index contributed by atoms with van der Waals surface area (Å²) in [5, 5.41) is 2.92. The zero-order valence-corrected chi connectivity index (χ0v) is 17.9. The Balaban J connectivity index is 1.62. The average molecular weight is 405 g/mol. The molecule has 1 aromatic heterocycles. The van der Waals surface area contributed by atoms with Gasteiger partial charge in [0.1, 0.15) is 11.5 Å². The van der Waals surface area contributed by atoms with Gasteiger partial charge in [-0.2, -0.15) is 0 Å². The van der Waals surface area contributed by atoms with Crippen LogP contribution in [0.4, 0.5) is 5.69 Å². The molecule has 3 aromatic rings. The lowest BCUT2D eigenvalue weighted by Gasteiger charge is -2.13. The third-order valence-corrected chi connectivity index (χ3v) is 4.67. The minimum Gasteiger partial charge on any atom is -0.457 e. The van der Waals surface area contributed by atoms with E-state index >= 15 is 0 Å².